The summed E-state index contributed by atoms with van der Waals surface area (Å²) in [6.07, 6.45) is 1.71. The fourth-order valence-electron chi connectivity index (χ4n) is 3.43. The Morgan fingerprint density at radius 2 is 1.85 bits per heavy atom. The molecule has 0 spiro atoms. The minimum Gasteiger partial charge on any atom is -0.468 e. The molecule has 4 nitrogen and oxygen atoms in total. The molecule has 2 aromatic rings. The van der Waals surface area contributed by atoms with E-state index in [-0.39, 0.29) is 18.1 Å². The van der Waals surface area contributed by atoms with Crippen LogP contribution in [-0.4, -0.2) is 43.7 Å². The number of carbonyl (C=O) groups excluding carboxylic acids is 1. The fourth-order valence-corrected chi connectivity index (χ4v) is 3.56. The molecule has 2 aromatic carbocycles. The van der Waals surface area contributed by atoms with Gasteiger partial charge in [0, 0.05) is 11.6 Å². The molecule has 1 fully saturated rings. The van der Waals surface area contributed by atoms with Gasteiger partial charge >= 0.3 is 5.97 Å². The summed E-state index contributed by atoms with van der Waals surface area (Å²) in [5.74, 6) is -0.153. The second-order valence-electron chi connectivity index (χ2n) is 6.43. The Bertz CT molecular complexity index is 705. The zero-order chi connectivity index (χ0) is 18.4. The number of methoxy groups -OCH3 is 1. The zero-order valence-electron chi connectivity index (χ0n) is 14.9. The fraction of sp³-hybridized carbons (Fsp3) is 0.381. The van der Waals surface area contributed by atoms with Gasteiger partial charge in [-0.25, -0.2) is 0 Å². The molecule has 3 rings (SSSR count). The number of halogens is 1. The lowest BCUT2D eigenvalue weighted by Gasteiger charge is -2.24. The Balaban J connectivity index is 1.67. The maximum Gasteiger partial charge on any atom is 0.323 e. The van der Waals surface area contributed by atoms with Crippen molar-refractivity contribution in [2.24, 2.45) is 0 Å². The first-order valence-corrected chi connectivity index (χ1v) is 9.30. The molecule has 5 heteroatoms. The molecule has 0 amide bonds. The maximum absolute atomic E-state index is 11.9. The Morgan fingerprint density at radius 1 is 1.15 bits per heavy atom. The first-order chi connectivity index (χ1) is 12.7. The summed E-state index contributed by atoms with van der Waals surface area (Å²) < 4.78 is 11.1. The molecule has 0 N–H and O–H groups in total. The number of nitrogens with zero attached hydrogens (tertiary/aromatic N) is 1. The van der Waals surface area contributed by atoms with Crippen molar-refractivity contribution in [3.8, 4) is 0 Å². The minimum absolute atomic E-state index is 0.144. The monoisotopic (exact) mass is 373 g/mol. The van der Waals surface area contributed by atoms with Gasteiger partial charge in [-0.1, -0.05) is 54.1 Å². The van der Waals surface area contributed by atoms with Gasteiger partial charge in [0.05, 0.1) is 13.7 Å². The van der Waals surface area contributed by atoms with E-state index in [1.165, 1.54) is 7.11 Å². The molecule has 1 aliphatic rings. The van der Waals surface area contributed by atoms with E-state index in [2.05, 4.69) is 17.0 Å². The molecule has 1 unspecified atom stereocenters. The average molecular weight is 374 g/mol. The van der Waals surface area contributed by atoms with Crippen molar-refractivity contribution in [3.05, 3.63) is 70.7 Å². The van der Waals surface area contributed by atoms with Crippen LogP contribution >= 0.6 is 11.6 Å². The normalized spacial score (nSPS) is 18.6. The van der Waals surface area contributed by atoms with E-state index in [4.69, 9.17) is 21.1 Å². The summed E-state index contributed by atoms with van der Waals surface area (Å²) >= 11 is 6.02. The highest BCUT2D eigenvalue weighted by Gasteiger charge is 2.31. The lowest BCUT2D eigenvalue weighted by atomic mass is 10.0. The summed E-state index contributed by atoms with van der Waals surface area (Å²) in [5.41, 5.74) is 2.16. The Labute approximate surface area is 159 Å². The van der Waals surface area contributed by atoms with E-state index in [1.807, 2.05) is 42.5 Å². The van der Waals surface area contributed by atoms with E-state index < -0.39 is 0 Å². The molecule has 0 saturated carbocycles. The highest BCUT2D eigenvalue weighted by molar-refractivity contribution is 6.30. The third kappa shape index (κ3) is 4.64. The molecule has 1 heterocycles. The van der Waals surface area contributed by atoms with Gasteiger partial charge in [0.15, 0.2) is 0 Å². The summed E-state index contributed by atoms with van der Waals surface area (Å²) in [6.45, 7) is 2.15. The lowest BCUT2D eigenvalue weighted by molar-refractivity contribution is -0.146. The van der Waals surface area contributed by atoms with Crippen molar-refractivity contribution >= 4 is 17.6 Å². The minimum atomic E-state index is -0.160. The second-order valence-corrected chi connectivity index (χ2v) is 6.87. The van der Waals surface area contributed by atoms with Crippen molar-refractivity contribution in [2.75, 3.05) is 26.8 Å². The second kappa shape index (κ2) is 9.17. The summed E-state index contributed by atoms with van der Waals surface area (Å²) in [4.78, 5) is 14.0. The number of carbonyl (C=O) groups is 1. The predicted molar refractivity (Wildman–Crippen MR) is 102 cm³/mol. The zero-order valence-corrected chi connectivity index (χ0v) is 15.7. The van der Waals surface area contributed by atoms with Crippen molar-refractivity contribution < 1.29 is 14.3 Å². The lowest BCUT2D eigenvalue weighted by Crippen LogP contribution is -2.39. The first kappa shape index (κ1) is 18.9. The van der Waals surface area contributed by atoms with Gasteiger partial charge in [-0.15, -0.1) is 0 Å². The standard InChI is InChI=1S/C21H24ClNO3/c1-25-21(24)19-8-5-13-23(19)14-15-26-20(16-6-3-2-4-7-16)17-9-11-18(22)12-10-17/h2-4,6-7,9-12,19-20H,5,8,13-15H2,1H3/t19-,20?/m1/s1. The number of esters is 1. The SMILES string of the molecule is COC(=O)[C@H]1CCCN1CCOC(c1ccccc1)c1ccc(Cl)cc1. The van der Waals surface area contributed by atoms with E-state index in [9.17, 15) is 4.79 Å². The third-order valence-electron chi connectivity index (χ3n) is 4.78. The smallest absolute Gasteiger partial charge is 0.323 e. The van der Waals surface area contributed by atoms with Gasteiger partial charge in [-0.2, -0.15) is 0 Å². The van der Waals surface area contributed by atoms with E-state index >= 15 is 0 Å². The largest absolute Gasteiger partial charge is 0.468 e. The molecule has 0 aromatic heterocycles. The highest BCUT2D eigenvalue weighted by Crippen LogP contribution is 2.27. The quantitative estimate of drug-likeness (QED) is 0.685. The predicted octanol–water partition coefficient (Wildman–Crippen LogP) is 4.08. The number of ether oxygens (including phenoxy) is 2. The maximum atomic E-state index is 11.9. The van der Waals surface area contributed by atoms with Crippen molar-refractivity contribution in [2.45, 2.75) is 25.0 Å². The topological polar surface area (TPSA) is 38.8 Å². The van der Waals surface area contributed by atoms with Gasteiger partial charge < -0.3 is 9.47 Å². The Kier molecular flexibility index (Phi) is 6.67. The number of benzene rings is 2. The van der Waals surface area contributed by atoms with Gasteiger partial charge in [-0.3, -0.25) is 9.69 Å². The molecule has 2 atom stereocenters. The van der Waals surface area contributed by atoms with Crippen LogP contribution in [0.25, 0.3) is 0 Å². The number of rotatable bonds is 7. The van der Waals surface area contributed by atoms with Crippen LogP contribution in [0.1, 0.15) is 30.1 Å². The van der Waals surface area contributed by atoms with Crippen LogP contribution < -0.4 is 0 Å². The van der Waals surface area contributed by atoms with Crippen LogP contribution in [0.4, 0.5) is 0 Å². The molecule has 1 aliphatic heterocycles. The summed E-state index contributed by atoms with van der Waals surface area (Å²) in [5, 5.41) is 0.707. The van der Waals surface area contributed by atoms with Crippen molar-refractivity contribution in [1.82, 2.24) is 4.90 Å². The molecule has 0 bridgehead atoms. The number of hydrogen-bond donors (Lipinski definition) is 0. The van der Waals surface area contributed by atoms with Crippen LogP contribution in [0.5, 0.6) is 0 Å². The van der Waals surface area contributed by atoms with E-state index in [1.54, 1.807) is 0 Å². The van der Waals surface area contributed by atoms with Gasteiger partial charge in [0.2, 0.25) is 0 Å². The Morgan fingerprint density at radius 3 is 2.54 bits per heavy atom. The molecule has 0 radical (unpaired) electrons. The number of hydrogen-bond acceptors (Lipinski definition) is 4. The average Bonchev–Trinajstić information content (AvgIpc) is 3.15. The molecule has 138 valence electrons. The van der Waals surface area contributed by atoms with Crippen LogP contribution in [-0.2, 0) is 14.3 Å². The molecular formula is C21H24ClNO3. The van der Waals surface area contributed by atoms with Crippen LogP contribution in [0.2, 0.25) is 5.02 Å². The summed E-state index contributed by atoms with van der Waals surface area (Å²) in [6, 6.07) is 17.7. The first-order valence-electron chi connectivity index (χ1n) is 8.93. The van der Waals surface area contributed by atoms with Crippen LogP contribution in [0.15, 0.2) is 54.6 Å². The van der Waals surface area contributed by atoms with Gasteiger partial charge in [0.1, 0.15) is 12.1 Å². The number of likely N-dealkylation sites (tertiary alicyclic amines) is 1. The molecular weight excluding hydrogens is 350 g/mol. The highest BCUT2D eigenvalue weighted by atomic mass is 35.5. The van der Waals surface area contributed by atoms with Crippen molar-refractivity contribution in [1.29, 1.82) is 0 Å². The summed E-state index contributed by atoms with van der Waals surface area (Å²) in [7, 11) is 1.45. The van der Waals surface area contributed by atoms with E-state index in [0.29, 0.717) is 18.2 Å². The molecule has 0 aliphatic carbocycles. The van der Waals surface area contributed by atoms with Crippen molar-refractivity contribution in [3.63, 3.8) is 0 Å². The third-order valence-corrected chi connectivity index (χ3v) is 5.03. The van der Waals surface area contributed by atoms with Gasteiger partial charge in [0.25, 0.3) is 0 Å². The van der Waals surface area contributed by atoms with Crippen LogP contribution in [0, 0.1) is 0 Å². The molecule has 26 heavy (non-hydrogen) atoms. The van der Waals surface area contributed by atoms with E-state index in [0.717, 1.165) is 30.5 Å². The van der Waals surface area contributed by atoms with Gasteiger partial charge in [-0.05, 0) is 42.6 Å². The van der Waals surface area contributed by atoms with Crippen LogP contribution in [0.3, 0.4) is 0 Å². The molecule has 1 saturated heterocycles. The Hall–Kier alpha value is -1.88.